The number of pyridine rings is 1. The van der Waals surface area contributed by atoms with Gasteiger partial charge in [-0.3, -0.25) is 9.59 Å². The average Bonchev–Trinajstić information content (AvgIpc) is 2.58. The maximum absolute atomic E-state index is 12.7. The molecular weight excluding hydrogens is 324 g/mol. The smallest absolute Gasteiger partial charge is 0.261 e. The first-order valence-corrected chi connectivity index (χ1v) is 8.92. The summed E-state index contributed by atoms with van der Waals surface area (Å²) in [5.41, 5.74) is 2.26. The number of nitrogens with one attached hydrogen (secondary N) is 1. The topological polar surface area (TPSA) is 73.4 Å². The van der Waals surface area contributed by atoms with E-state index >= 15 is 0 Å². The van der Waals surface area contributed by atoms with E-state index < -0.39 is 5.56 Å². The Kier molecular flexibility index (Phi) is 6.23. The van der Waals surface area contributed by atoms with Crippen LogP contribution in [0.25, 0.3) is 0 Å². The van der Waals surface area contributed by atoms with Crippen molar-refractivity contribution in [1.29, 1.82) is 0 Å². The van der Waals surface area contributed by atoms with Crippen molar-refractivity contribution in [2.24, 2.45) is 0 Å². The van der Waals surface area contributed by atoms with Gasteiger partial charge in [-0.05, 0) is 49.4 Å². The number of thioether (sulfide) groups is 1. The van der Waals surface area contributed by atoms with E-state index in [1.807, 2.05) is 37.4 Å². The molecule has 1 amide bonds. The molecule has 0 saturated carbocycles. The highest BCUT2D eigenvalue weighted by atomic mass is 32.2. The van der Waals surface area contributed by atoms with Crippen LogP contribution in [0.2, 0.25) is 0 Å². The molecule has 6 heteroatoms. The SMILES string of the molecule is CSc1ccc(CN(CCO)C(=O)c2cc(C)c(C)[nH]c2=O)cc1. The molecule has 0 aliphatic rings. The van der Waals surface area contributed by atoms with Crippen molar-refractivity contribution in [3.8, 4) is 0 Å². The highest BCUT2D eigenvalue weighted by molar-refractivity contribution is 7.98. The quantitative estimate of drug-likeness (QED) is 0.788. The number of H-pyrrole nitrogens is 1. The van der Waals surface area contributed by atoms with Gasteiger partial charge in [0.2, 0.25) is 0 Å². The molecule has 0 saturated heterocycles. The van der Waals surface area contributed by atoms with Crippen LogP contribution in [0.1, 0.15) is 27.2 Å². The predicted molar refractivity (Wildman–Crippen MR) is 96.6 cm³/mol. The summed E-state index contributed by atoms with van der Waals surface area (Å²) in [7, 11) is 0. The van der Waals surface area contributed by atoms with Crippen LogP contribution in [0.5, 0.6) is 0 Å². The Hall–Kier alpha value is -2.05. The monoisotopic (exact) mass is 346 g/mol. The Labute approximate surface area is 145 Å². The zero-order valence-electron chi connectivity index (χ0n) is 14.1. The van der Waals surface area contributed by atoms with Crippen molar-refractivity contribution in [2.75, 3.05) is 19.4 Å². The molecule has 1 aromatic carbocycles. The number of nitrogens with zero attached hydrogens (tertiary/aromatic N) is 1. The van der Waals surface area contributed by atoms with Gasteiger partial charge < -0.3 is 15.0 Å². The van der Waals surface area contributed by atoms with Gasteiger partial charge in [-0.25, -0.2) is 0 Å². The third-order valence-corrected chi connectivity index (χ3v) is 4.66. The van der Waals surface area contributed by atoms with Gasteiger partial charge in [0.05, 0.1) is 6.61 Å². The summed E-state index contributed by atoms with van der Waals surface area (Å²) in [6.45, 7) is 4.01. The first kappa shape index (κ1) is 18.3. The molecule has 2 N–H and O–H groups in total. The van der Waals surface area contributed by atoms with Crippen LogP contribution in [0.15, 0.2) is 40.0 Å². The Morgan fingerprint density at radius 3 is 2.50 bits per heavy atom. The maximum Gasteiger partial charge on any atom is 0.261 e. The Morgan fingerprint density at radius 2 is 1.92 bits per heavy atom. The fourth-order valence-corrected chi connectivity index (χ4v) is 2.79. The Morgan fingerprint density at radius 1 is 1.25 bits per heavy atom. The Balaban J connectivity index is 2.27. The maximum atomic E-state index is 12.7. The summed E-state index contributed by atoms with van der Waals surface area (Å²) < 4.78 is 0. The number of aromatic nitrogens is 1. The van der Waals surface area contributed by atoms with Gasteiger partial charge in [0.15, 0.2) is 0 Å². The minimum absolute atomic E-state index is 0.104. The molecule has 0 aliphatic carbocycles. The van der Waals surface area contributed by atoms with Gasteiger partial charge in [-0.1, -0.05) is 12.1 Å². The third-order valence-electron chi connectivity index (χ3n) is 3.92. The fraction of sp³-hybridized carbons (Fsp3) is 0.333. The van der Waals surface area contributed by atoms with Gasteiger partial charge in [0.25, 0.3) is 11.5 Å². The second kappa shape index (κ2) is 8.17. The molecule has 0 aliphatic heterocycles. The van der Waals surface area contributed by atoms with Gasteiger partial charge in [0, 0.05) is 23.7 Å². The van der Waals surface area contributed by atoms with E-state index in [2.05, 4.69) is 4.98 Å². The highest BCUT2D eigenvalue weighted by Crippen LogP contribution is 2.16. The summed E-state index contributed by atoms with van der Waals surface area (Å²) in [6, 6.07) is 9.49. The van der Waals surface area contributed by atoms with E-state index in [4.69, 9.17) is 0 Å². The lowest BCUT2D eigenvalue weighted by Crippen LogP contribution is -2.36. The summed E-state index contributed by atoms with van der Waals surface area (Å²) >= 11 is 1.65. The van der Waals surface area contributed by atoms with Crippen LogP contribution in [-0.2, 0) is 6.54 Å². The molecule has 128 valence electrons. The number of hydrogen-bond acceptors (Lipinski definition) is 4. The normalized spacial score (nSPS) is 10.7. The first-order valence-electron chi connectivity index (χ1n) is 7.70. The molecule has 2 rings (SSSR count). The van der Waals surface area contributed by atoms with E-state index in [0.717, 1.165) is 21.7 Å². The molecule has 0 unspecified atom stereocenters. The minimum Gasteiger partial charge on any atom is -0.395 e. The second-order valence-corrected chi connectivity index (χ2v) is 6.50. The molecule has 0 bridgehead atoms. The standard InChI is InChI=1S/C18H22N2O3S/c1-12-10-16(17(22)19-13(12)2)18(23)20(8-9-21)11-14-4-6-15(24-3)7-5-14/h4-7,10,21H,8-9,11H2,1-3H3,(H,19,22). The number of amides is 1. The summed E-state index contributed by atoms with van der Waals surface area (Å²) in [4.78, 5) is 30.2. The van der Waals surface area contributed by atoms with Crippen LogP contribution in [-0.4, -0.2) is 40.3 Å². The molecule has 1 aromatic heterocycles. The number of carbonyl (C=O) groups excluding carboxylic acids is 1. The third kappa shape index (κ3) is 4.27. The second-order valence-electron chi connectivity index (χ2n) is 5.62. The molecule has 0 spiro atoms. The van der Waals surface area contributed by atoms with Crippen molar-refractivity contribution >= 4 is 17.7 Å². The van der Waals surface area contributed by atoms with Crippen LogP contribution in [0.3, 0.4) is 0 Å². The first-order chi connectivity index (χ1) is 11.5. The number of aliphatic hydroxyl groups is 1. The van der Waals surface area contributed by atoms with E-state index in [1.165, 1.54) is 4.90 Å². The highest BCUT2D eigenvalue weighted by Gasteiger charge is 2.19. The van der Waals surface area contributed by atoms with Crippen LogP contribution >= 0.6 is 11.8 Å². The number of aromatic amines is 1. The van der Waals surface area contributed by atoms with E-state index in [1.54, 1.807) is 24.8 Å². The number of aliphatic hydroxyl groups excluding tert-OH is 1. The molecule has 0 atom stereocenters. The van der Waals surface area contributed by atoms with Gasteiger partial charge in [-0.15, -0.1) is 11.8 Å². The molecule has 5 nitrogen and oxygen atoms in total. The van der Waals surface area contributed by atoms with Gasteiger partial charge >= 0.3 is 0 Å². The average molecular weight is 346 g/mol. The molecule has 0 radical (unpaired) electrons. The van der Waals surface area contributed by atoms with Crippen molar-refractivity contribution in [3.05, 3.63) is 63.1 Å². The zero-order chi connectivity index (χ0) is 17.7. The van der Waals surface area contributed by atoms with Gasteiger partial charge in [-0.2, -0.15) is 0 Å². The van der Waals surface area contributed by atoms with Crippen molar-refractivity contribution in [2.45, 2.75) is 25.3 Å². The zero-order valence-corrected chi connectivity index (χ0v) is 14.9. The predicted octanol–water partition coefficient (Wildman–Crippen LogP) is 2.35. The van der Waals surface area contributed by atoms with E-state index in [9.17, 15) is 14.7 Å². The number of rotatable bonds is 6. The molecule has 2 aromatic rings. The van der Waals surface area contributed by atoms with Crippen molar-refractivity contribution in [3.63, 3.8) is 0 Å². The molecule has 0 fully saturated rings. The van der Waals surface area contributed by atoms with E-state index in [0.29, 0.717) is 6.54 Å². The largest absolute Gasteiger partial charge is 0.395 e. The van der Waals surface area contributed by atoms with Crippen molar-refractivity contribution in [1.82, 2.24) is 9.88 Å². The molecule has 24 heavy (non-hydrogen) atoms. The van der Waals surface area contributed by atoms with Crippen LogP contribution in [0, 0.1) is 13.8 Å². The lowest BCUT2D eigenvalue weighted by Gasteiger charge is -2.22. The number of aryl methyl sites for hydroxylation is 2. The van der Waals surface area contributed by atoms with Crippen molar-refractivity contribution < 1.29 is 9.90 Å². The van der Waals surface area contributed by atoms with Crippen LogP contribution < -0.4 is 5.56 Å². The molecule has 1 heterocycles. The summed E-state index contributed by atoms with van der Waals surface area (Å²) in [5.74, 6) is -0.373. The lowest BCUT2D eigenvalue weighted by molar-refractivity contribution is 0.0706. The number of benzene rings is 1. The fourth-order valence-electron chi connectivity index (χ4n) is 2.38. The number of carbonyl (C=O) groups is 1. The van der Waals surface area contributed by atoms with Gasteiger partial charge in [0.1, 0.15) is 5.56 Å². The minimum atomic E-state index is -0.399. The number of hydrogen-bond donors (Lipinski definition) is 2. The Bertz CT molecular complexity index is 769. The van der Waals surface area contributed by atoms with E-state index in [-0.39, 0.29) is 24.6 Å². The lowest BCUT2D eigenvalue weighted by atomic mass is 10.1. The summed E-state index contributed by atoms with van der Waals surface area (Å²) in [6.07, 6.45) is 2.00. The summed E-state index contributed by atoms with van der Waals surface area (Å²) in [5, 5.41) is 9.28. The molecular formula is C18H22N2O3S. The van der Waals surface area contributed by atoms with Crippen LogP contribution in [0.4, 0.5) is 0 Å².